The highest BCUT2D eigenvalue weighted by Gasteiger charge is 2.28. The summed E-state index contributed by atoms with van der Waals surface area (Å²) < 4.78 is 1.73. The Balaban J connectivity index is 1.29. The summed E-state index contributed by atoms with van der Waals surface area (Å²) in [4.78, 5) is 33.0. The van der Waals surface area contributed by atoms with E-state index < -0.39 is 0 Å². The van der Waals surface area contributed by atoms with E-state index in [1.165, 1.54) is 0 Å². The van der Waals surface area contributed by atoms with Crippen LogP contribution < -0.4 is 5.32 Å². The average molecular weight is 458 g/mol. The monoisotopic (exact) mass is 457 g/mol. The number of aromatic nitrogens is 3. The van der Waals surface area contributed by atoms with Gasteiger partial charge in [0.05, 0.1) is 10.6 Å². The van der Waals surface area contributed by atoms with Crippen LogP contribution in [0.1, 0.15) is 33.8 Å². The molecule has 0 saturated carbocycles. The third-order valence-electron chi connectivity index (χ3n) is 5.69. The molecule has 0 atom stereocenters. The number of piperidine rings is 1. The smallest absolute Gasteiger partial charge is 0.293 e. The highest BCUT2D eigenvalue weighted by Crippen LogP contribution is 2.26. The van der Waals surface area contributed by atoms with Crippen molar-refractivity contribution in [3.63, 3.8) is 0 Å². The van der Waals surface area contributed by atoms with E-state index in [2.05, 4.69) is 15.4 Å². The predicted octanol–water partition coefficient (Wildman–Crippen LogP) is 4.03. The first-order chi connectivity index (χ1) is 16.2. The van der Waals surface area contributed by atoms with Crippen molar-refractivity contribution in [3.8, 4) is 16.4 Å². The van der Waals surface area contributed by atoms with E-state index in [0.717, 1.165) is 10.6 Å². The highest BCUT2D eigenvalue weighted by molar-refractivity contribution is 7.13. The van der Waals surface area contributed by atoms with Crippen LogP contribution in [-0.2, 0) is 0 Å². The molecule has 0 bridgehead atoms. The van der Waals surface area contributed by atoms with Crippen LogP contribution in [0.2, 0.25) is 0 Å². The maximum Gasteiger partial charge on any atom is 0.293 e. The van der Waals surface area contributed by atoms with Crippen LogP contribution in [0, 0.1) is 0 Å². The molecule has 166 valence electrons. The zero-order valence-electron chi connectivity index (χ0n) is 17.9. The Morgan fingerprint density at radius 3 is 2.27 bits per heavy atom. The van der Waals surface area contributed by atoms with Crippen LogP contribution in [0.5, 0.6) is 0 Å². The molecule has 8 heteroatoms. The number of carbonyl (C=O) groups excluding carboxylic acids is 2. The number of carbonyl (C=O) groups is 2. The lowest BCUT2D eigenvalue weighted by atomic mass is 10.0. The molecule has 2 aromatic carbocycles. The second kappa shape index (κ2) is 9.38. The van der Waals surface area contributed by atoms with Gasteiger partial charge < -0.3 is 10.2 Å². The van der Waals surface area contributed by atoms with Gasteiger partial charge in [-0.3, -0.25) is 9.59 Å². The summed E-state index contributed by atoms with van der Waals surface area (Å²) in [5.74, 6) is 0.582. The van der Waals surface area contributed by atoms with E-state index in [1.54, 1.807) is 33.1 Å². The molecule has 0 unspecified atom stereocenters. The van der Waals surface area contributed by atoms with Gasteiger partial charge in [0.15, 0.2) is 5.82 Å². The van der Waals surface area contributed by atoms with Gasteiger partial charge in [-0.1, -0.05) is 42.5 Å². The number of amides is 2. The molecular weight excluding hydrogens is 434 g/mol. The maximum atomic E-state index is 13.2. The summed E-state index contributed by atoms with van der Waals surface area (Å²) in [6.07, 6.45) is 1.39. The van der Waals surface area contributed by atoms with Crippen molar-refractivity contribution in [2.45, 2.75) is 18.9 Å². The van der Waals surface area contributed by atoms with Gasteiger partial charge in [-0.05, 0) is 48.6 Å². The second-order valence-electron chi connectivity index (χ2n) is 7.89. The summed E-state index contributed by atoms with van der Waals surface area (Å²) in [6.45, 7) is 1.10. The predicted molar refractivity (Wildman–Crippen MR) is 128 cm³/mol. The van der Waals surface area contributed by atoms with Gasteiger partial charge in [-0.25, -0.2) is 9.67 Å². The fraction of sp³-hybridized carbons (Fsp3) is 0.200. The molecule has 1 saturated heterocycles. The van der Waals surface area contributed by atoms with E-state index in [9.17, 15) is 9.59 Å². The Kier molecular flexibility index (Phi) is 5.99. The molecule has 1 N–H and O–H groups in total. The van der Waals surface area contributed by atoms with Gasteiger partial charge in [0.1, 0.15) is 0 Å². The summed E-state index contributed by atoms with van der Waals surface area (Å²) in [7, 11) is 0. The molecule has 2 amide bonds. The van der Waals surface area contributed by atoms with E-state index >= 15 is 0 Å². The zero-order chi connectivity index (χ0) is 22.6. The number of hydrogen-bond acceptors (Lipinski definition) is 5. The van der Waals surface area contributed by atoms with Crippen LogP contribution in [0.15, 0.2) is 78.2 Å². The van der Waals surface area contributed by atoms with Gasteiger partial charge >= 0.3 is 0 Å². The molecule has 33 heavy (non-hydrogen) atoms. The largest absolute Gasteiger partial charge is 0.349 e. The molecule has 7 nitrogen and oxygen atoms in total. The lowest BCUT2D eigenvalue weighted by molar-refractivity contribution is 0.0686. The molecule has 1 aliphatic rings. The third-order valence-corrected chi connectivity index (χ3v) is 6.56. The van der Waals surface area contributed by atoms with Crippen LogP contribution in [0.4, 0.5) is 0 Å². The summed E-state index contributed by atoms with van der Waals surface area (Å²) >= 11 is 1.56. The van der Waals surface area contributed by atoms with Crippen LogP contribution in [0.25, 0.3) is 16.4 Å². The molecule has 0 radical (unpaired) electrons. The number of nitrogens with one attached hydrogen (secondary N) is 1. The minimum atomic E-state index is -0.185. The molecule has 1 fully saturated rings. The molecule has 5 rings (SSSR count). The molecule has 1 aliphatic heterocycles. The lowest BCUT2D eigenvalue weighted by Gasteiger charge is -2.31. The molecular formula is C25H23N5O2S. The Morgan fingerprint density at radius 1 is 0.909 bits per heavy atom. The van der Waals surface area contributed by atoms with Crippen LogP contribution in [-0.4, -0.2) is 50.6 Å². The SMILES string of the molecule is O=C(NC1CCN(C(=O)c2nc(-c3cccs3)n(-c3ccccc3)n2)CC1)c1ccccc1. The van der Waals surface area contributed by atoms with Gasteiger partial charge in [0.25, 0.3) is 11.8 Å². The number of nitrogens with zero attached hydrogens (tertiary/aromatic N) is 4. The van der Waals surface area contributed by atoms with E-state index in [0.29, 0.717) is 37.3 Å². The maximum absolute atomic E-state index is 13.2. The van der Waals surface area contributed by atoms with Crippen LogP contribution >= 0.6 is 11.3 Å². The highest BCUT2D eigenvalue weighted by atomic mass is 32.1. The van der Waals surface area contributed by atoms with Gasteiger partial charge in [-0.2, -0.15) is 0 Å². The average Bonchev–Trinajstić information content (AvgIpc) is 3.55. The third kappa shape index (κ3) is 4.56. The topological polar surface area (TPSA) is 80.1 Å². The molecule has 0 aliphatic carbocycles. The van der Waals surface area contributed by atoms with Crippen molar-refractivity contribution in [1.82, 2.24) is 25.0 Å². The van der Waals surface area contributed by atoms with Gasteiger partial charge in [-0.15, -0.1) is 16.4 Å². The summed E-state index contributed by atoms with van der Waals surface area (Å²) in [5.41, 5.74) is 1.50. The molecule has 0 spiro atoms. The Labute approximate surface area is 195 Å². The van der Waals surface area contributed by atoms with Crippen LogP contribution in [0.3, 0.4) is 0 Å². The fourth-order valence-corrected chi connectivity index (χ4v) is 4.64. The Morgan fingerprint density at radius 2 is 1.61 bits per heavy atom. The van der Waals surface area contributed by atoms with Crippen molar-refractivity contribution >= 4 is 23.2 Å². The van der Waals surface area contributed by atoms with Gasteiger partial charge in [0, 0.05) is 24.7 Å². The van der Waals surface area contributed by atoms with Crippen molar-refractivity contribution in [2.75, 3.05) is 13.1 Å². The molecule has 4 aromatic rings. The number of para-hydroxylation sites is 1. The normalized spacial score (nSPS) is 14.2. The minimum Gasteiger partial charge on any atom is -0.349 e. The number of rotatable bonds is 5. The summed E-state index contributed by atoms with van der Waals surface area (Å²) in [6, 6.07) is 22.9. The number of likely N-dealkylation sites (tertiary alicyclic amines) is 1. The minimum absolute atomic E-state index is 0.0401. The molecule has 2 aromatic heterocycles. The van der Waals surface area contributed by atoms with E-state index in [-0.39, 0.29) is 23.7 Å². The number of hydrogen-bond donors (Lipinski definition) is 1. The number of thiophene rings is 1. The Hall–Kier alpha value is -3.78. The Bertz CT molecular complexity index is 1230. The lowest BCUT2D eigenvalue weighted by Crippen LogP contribution is -2.46. The van der Waals surface area contributed by atoms with Crippen molar-refractivity contribution in [1.29, 1.82) is 0 Å². The fourth-order valence-electron chi connectivity index (χ4n) is 3.94. The summed E-state index contributed by atoms with van der Waals surface area (Å²) in [5, 5.41) is 9.63. The first kappa shape index (κ1) is 21.1. The first-order valence-corrected chi connectivity index (χ1v) is 11.8. The second-order valence-corrected chi connectivity index (χ2v) is 8.84. The van der Waals surface area contributed by atoms with Gasteiger partial charge in [0.2, 0.25) is 5.82 Å². The van der Waals surface area contributed by atoms with Crippen molar-refractivity contribution < 1.29 is 9.59 Å². The number of benzene rings is 2. The van der Waals surface area contributed by atoms with E-state index in [4.69, 9.17) is 0 Å². The quantitative estimate of drug-likeness (QED) is 0.491. The van der Waals surface area contributed by atoms with Crippen molar-refractivity contribution in [3.05, 3.63) is 89.6 Å². The standard InChI is InChI=1S/C25H23N5O2S/c31-24(18-8-3-1-4-9-18)26-19-13-15-29(16-14-19)25(32)22-27-23(21-12-7-17-33-21)30(28-22)20-10-5-2-6-11-20/h1-12,17,19H,13-16H2,(H,26,31). The van der Waals surface area contributed by atoms with Crippen molar-refractivity contribution in [2.24, 2.45) is 0 Å². The van der Waals surface area contributed by atoms with E-state index in [1.807, 2.05) is 66.0 Å². The zero-order valence-corrected chi connectivity index (χ0v) is 18.7. The first-order valence-electron chi connectivity index (χ1n) is 10.9. The molecule has 3 heterocycles.